The summed E-state index contributed by atoms with van der Waals surface area (Å²) in [6.07, 6.45) is 2.49. The Balaban J connectivity index is 2.30. The van der Waals surface area contributed by atoms with Crippen molar-refractivity contribution in [1.82, 2.24) is 5.32 Å². The second-order valence-electron chi connectivity index (χ2n) is 3.10. The van der Waals surface area contributed by atoms with E-state index >= 15 is 0 Å². The lowest BCUT2D eigenvalue weighted by molar-refractivity contribution is 0.638. The highest BCUT2D eigenvalue weighted by Gasteiger charge is 1.99. The Labute approximate surface area is 67.4 Å². The van der Waals surface area contributed by atoms with Crippen molar-refractivity contribution in [3.63, 3.8) is 0 Å². The van der Waals surface area contributed by atoms with Crippen LogP contribution in [0.5, 0.6) is 0 Å². The van der Waals surface area contributed by atoms with Gasteiger partial charge in [0.15, 0.2) is 0 Å². The van der Waals surface area contributed by atoms with Crippen molar-refractivity contribution in [2.24, 2.45) is 0 Å². The van der Waals surface area contributed by atoms with E-state index in [1.165, 1.54) is 24.0 Å². The van der Waals surface area contributed by atoms with Gasteiger partial charge in [0.25, 0.3) is 0 Å². The molecule has 0 aromatic heterocycles. The Kier molecular flexibility index (Phi) is 1.91. The molecule has 1 heterocycles. The first-order valence-electron chi connectivity index (χ1n) is 4.24. The van der Waals surface area contributed by atoms with Crippen molar-refractivity contribution in [2.45, 2.75) is 19.4 Å². The van der Waals surface area contributed by atoms with E-state index in [9.17, 15) is 0 Å². The summed E-state index contributed by atoms with van der Waals surface area (Å²) < 4.78 is 0. The van der Waals surface area contributed by atoms with Crippen LogP contribution in [0, 0.1) is 0 Å². The first-order valence-corrected chi connectivity index (χ1v) is 4.24. The maximum absolute atomic E-state index is 3.40. The third kappa shape index (κ3) is 1.60. The van der Waals surface area contributed by atoms with Crippen LogP contribution in [0.1, 0.15) is 17.5 Å². The largest absolute Gasteiger partial charge is 0.313 e. The standard InChI is InChI=1S/C10H13N/c1-3-9-5-2-6-11-8-10(4-1)7-9/h1,3-4,7,11H,2,5-6,8H2. The van der Waals surface area contributed by atoms with Crippen LogP contribution in [0.3, 0.4) is 0 Å². The van der Waals surface area contributed by atoms with Crippen LogP contribution in [0.2, 0.25) is 0 Å². The van der Waals surface area contributed by atoms with Gasteiger partial charge in [-0.05, 0) is 30.5 Å². The Morgan fingerprint density at radius 3 is 3.09 bits per heavy atom. The van der Waals surface area contributed by atoms with Crippen LogP contribution >= 0.6 is 0 Å². The van der Waals surface area contributed by atoms with E-state index in [0.717, 1.165) is 13.1 Å². The van der Waals surface area contributed by atoms with E-state index in [-0.39, 0.29) is 0 Å². The molecule has 58 valence electrons. The molecule has 1 aromatic rings. The third-order valence-electron chi connectivity index (χ3n) is 2.14. The maximum atomic E-state index is 3.40. The molecule has 1 aromatic carbocycles. The Bertz CT molecular complexity index is 221. The molecule has 1 aliphatic rings. The Morgan fingerprint density at radius 2 is 2.09 bits per heavy atom. The molecule has 1 N–H and O–H groups in total. The highest BCUT2D eigenvalue weighted by molar-refractivity contribution is 5.24. The van der Waals surface area contributed by atoms with Gasteiger partial charge in [-0.2, -0.15) is 0 Å². The summed E-state index contributed by atoms with van der Waals surface area (Å²) in [5, 5.41) is 3.40. The van der Waals surface area contributed by atoms with E-state index in [0.29, 0.717) is 0 Å². The summed E-state index contributed by atoms with van der Waals surface area (Å²) in [7, 11) is 0. The van der Waals surface area contributed by atoms with Gasteiger partial charge in [0.05, 0.1) is 0 Å². The number of fused-ring (bicyclic) bond motifs is 2. The molecule has 0 spiro atoms. The predicted octanol–water partition coefficient (Wildman–Crippen LogP) is 1.72. The SMILES string of the molecule is c1cc2cc(c1)CNCCC2. The van der Waals surface area contributed by atoms with E-state index in [4.69, 9.17) is 0 Å². The quantitative estimate of drug-likeness (QED) is 0.589. The zero-order valence-electron chi connectivity index (χ0n) is 6.64. The molecular weight excluding hydrogens is 134 g/mol. The van der Waals surface area contributed by atoms with Gasteiger partial charge in [-0.25, -0.2) is 0 Å². The van der Waals surface area contributed by atoms with Crippen molar-refractivity contribution < 1.29 is 0 Å². The lowest BCUT2D eigenvalue weighted by Crippen LogP contribution is -2.17. The van der Waals surface area contributed by atoms with Crippen molar-refractivity contribution in [3.8, 4) is 0 Å². The fourth-order valence-electron chi connectivity index (χ4n) is 1.55. The summed E-state index contributed by atoms with van der Waals surface area (Å²) in [4.78, 5) is 0. The van der Waals surface area contributed by atoms with Gasteiger partial charge in [-0.15, -0.1) is 0 Å². The summed E-state index contributed by atoms with van der Waals surface area (Å²) in [6.45, 7) is 2.19. The molecule has 2 bridgehead atoms. The monoisotopic (exact) mass is 147 g/mol. The van der Waals surface area contributed by atoms with Gasteiger partial charge in [-0.1, -0.05) is 24.3 Å². The summed E-state index contributed by atoms with van der Waals surface area (Å²) >= 11 is 0. The minimum absolute atomic E-state index is 1.04. The molecule has 0 unspecified atom stereocenters. The van der Waals surface area contributed by atoms with Crippen LogP contribution in [-0.4, -0.2) is 6.54 Å². The minimum Gasteiger partial charge on any atom is -0.313 e. The van der Waals surface area contributed by atoms with Gasteiger partial charge >= 0.3 is 0 Å². The molecule has 1 heteroatoms. The molecule has 0 saturated carbocycles. The fourth-order valence-corrected chi connectivity index (χ4v) is 1.55. The smallest absolute Gasteiger partial charge is 0.0205 e. The van der Waals surface area contributed by atoms with Crippen molar-refractivity contribution in [2.75, 3.05) is 6.54 Å². The number of benzene rings is 1. The predicted molar refractivity (Wildman–Crippen MR) is 46.5 cm³/mol. The molecule has 0 radical (unpaired) electrons. The Morgan fingerprint density at radius 1 is 1.18 bits per heavy atom. The molecule has 0 fully saturated rings. The number of hydrogen-bond acceptors (Lipinski definition) is 1. The lowest BCUT2D eigenvalue weighted by atomic mass is 10.0. The second-order valence-corrected chi connectivity index (χ2v) is 3.10. The molecule has 0 atom stereocenters. The highest BCUT2D eigenvalue weighted by atomic mass is 14.8. The van der Waals surface area contributed by atoms with Gasteiger partial charge in [0.1, 0.15) is 0 Å². The summed E-state index contributed by atoms with van der Waals surface area (Å²) in [5.74, 6) is 0. The third-order valence-corrected chi connectivity index (χ3v) is 2.14. The van der Waals surface area contributed by atoms with Crippen molar-refractivity contribution in [1.29, 1.82) is 0 Å². The minimum atomic E-state index is 1.04. The Hall–Kier alpha value is -0.820. The van der Waals surface area contributed by atoms with Crippen LogP contribution in [0.25, 0.3) is 0 Å². The molecule has 1 aliphatic heterocycles. The summed E-state index contributed by atoms with van der Waals surface area (Å²) in [5.41, 5.74) is 2.91. The number of aryl methyl sites for hydroxylation is 1. The highest BCUT2D eigenvalue weighted by Crippen LogP contribution is 2.09. The first kappa shape index (κ1) is 6.86. The van der Waals surface area contributed by atoms with Gasteiger partial charge in [-0.3, -0.25) is 0 Å². The molecule has 0 saturated heterocycles. The maximum Gasteiger partial charge on any atom is 0.0205 e. The lowest BCUT2D eigenvalue weighted by Gasteiger charge is -2.10. The van der Waals surface area contributed by atoms with Gasteiger partial charge in [0.2, 0.25) is 0 Å². The van der Waals surface area contributed by atoms with Crippen molar-refractivity contribution >= 4 is 0 Å². The average Bonchev–Trinajstić information content (AvgIpc) is 2.02. The fraction of sp³-hybridized carbons (Fsp3) is 0.400. The van der Waals surface area contributed by atoms with E-state index < -0.39 is 0 Å². The molecule has 0 amide bonds. The van der Waals surface area contributed by atoms with Crippen LogP contribution < -0.4 is 5.32 Å². The van der Waals surface area contributed by atoms with Crippen LogP contribution in [0.4, 0.5) is 0 Å². The normalized spacial score (nSPS) is 17.1. The number of nitrogens with one attached hydrogen (secondary N) is 1. The number of hydrogen-bond donors (Lipinski definition) is 1. The van der Waals surface area contributed by atoms with Crippen LogP contribution in [-0.2, 0) is 13.0 Å². The van der Waals surface area contributed by atoms with E-state index in [1.54, 1.807) is 0 Å². The van der Waals surface area contributed by atoms with E-state index in [2.05, 4.69) is 29.6 Å². The average molecular weight is 147 g/mol. The van der Waals surface area contributed by atoms with Gasteiger partial charge in [0, 0.05) is 6.54 Å². The molecule has 1 nitrogen and oxygen atoms in total. The molecular formula is C10H13N. The topological polar surface area (TPSA) is 12.0 Å². The number of rotatable bonds is 0. The molecule has 0 aliphatic carbocycles. The first-order chi connectivity index (χ1) is 5.45. The van der Waals surface area contributed by atoms with E-state index in [1.807, 2.05) is 0 Å². The van der Waals surface area contributed by atoms with Gasteiger partial charge < -0.3 is 5.32 Å². The molecule has 11 heavy (non-hydrogen) atoms. The molecule has 2 rings (SSSR count). The van der Waals surface area contributed by atoms with Crippen LogP contribution in [0.15, 0.2) is 24.3 Å². The zero-order valence-corrected chi connectivity index (χ0v) is 6.64. The van der Waals surface area contributed by atoms with Crippen molar-refractivity contribution in [3.05, 3.63) is 35.4 Å². The zero-order chi connectivity index (χ0) is 7.52. The summed E-state index contributed by atoms with van der Waals surface area (Å²) in [6, 6.07) is 8.85. The second kappa shape index (κ2) is 3.05.